The van der Waals surface area contributed by atoms with E-state index in [9.17, 15) is 5.11 Å². The molecule has 0 spiro atoms. The topological polar surface area (TPSA) is 23.5 Å². The zero-order valence-corrected chi connectivity index (χ0v) is 11.2. The molecule has 3 heteroatoms. The number of benzene rings is 1. The quantitative estimate of drug-likeness (QED) is 0.870. The predicted octanol–water partition coefficient (Wildman–Crippen LogP) is 3.63. The summed E-state index contributed by atoms with van der Waals surface area (Å²) in [5.74, 6) is 0.733. The van der Waals surface area contributed by atoms with E-state index in [0.29, 0.717) is 0 Å². The van der Waals surface area contributed by atoms with Crippen LogP contribution in [0.3, 0.4) is 0 Å². The molecule has 0 bridgehead atoms. The van der Waals surface area contributed by atoms with Crippen molar-refractivity contribution in [1.82, 2.24) is 0 Å². The molecule has 0 aliphatic carbocycles. The second-order valence-corrected chi connectivity index (χ2v) is 5.49. The van der Waals surface area contributed by atoms with Gasteiger partial charge in [0.25, 0.3) is 0 Å². The number of hydrogen-bond donors (Lipinski definition) is 1. The number of piperidine rings is 1. The van der Waals surface area contributed by atoms with E-state index in [2.05, 4.69) is 11.8 Å². The summed E-state index contributed by atoms with van der Waals surface area (Å²) >= 11 is 6.30. The molecule has 1 heterocycles. The van der Waals surface area contributed by atoms with Gasteiger partial charge in [-0.2, -0.15) is 0 Å². The SMILES string of the molecule is CC1CCCN(c2ccc([C@H](C)O)cc2Cl)C1. The van der Waals surface area contributed by atoms with Crippen molar-refractivity contribution in [1.29, 1.82) is 0 Å². The van der Waals surface area contributed by atoms with E-state index < -0.39 is 6.10 Å². The zero-order chi connectivity index (χ0) is 12.4. The van der Waals surface area contributed by atoms with E-state index in [1.807, 2.05) is 18.2 Å². The first-order chi connectivity index (χ1) is 8.08. The molecule has 1 aliphatic heterocycles. The van der Waals surface area contributed by atoms with E-state index in [1.54, 1.807) is 6.92 Å². The van der Waals surface area contributed by atoms with Gasteiger partial charge in [0.15, 0.2) is 0 Å². The first-order valence-electron chi connectivity index (χ1n) is 6.30. The number of aliphatic hydroxyl groups excluding tert-OH is 1. The highest BCUT2D eigenvalue weighted by molar-refractivity contribution is 6.33. The zero-order valence-electron chi connectivity index (χ0n) is 10.5. The Morgan fingerprint density at radius 1 is 1.47 bits per heavy atom. The summed E-state index contributed by atoms with van der Waals surface area (Å²) in [6.07, 6.45) is 2.08. The molecule has 17 heavy (non-hydrogen) atoms. The summed E-state index contributed by atoms with van der Waals surface area (Å²) in [4.78, 5) is 2.35. The van der Waals surface area contributed by atoms with Crippen LogP contribution in [0.4, 0.5) is 5.69 Å². The highest BCUT2D eigenvalue weighted by atomic mass is 35.5. The van der Waals surface area contributed by atoms with Gasteiger partial charge in [-0.3, -0.25) is 0 Å². The minimum atomic E-state index is -0.457. The molecular weight excluding hydrogens is 234 g/mol. The maximum atomic E-state index is 9.52. The molecule has 0 amide bonds. The van der Waals surface area contributed by atoms with Crippen molar-refractivity contribution in [2.24, 2.45) is 5.92 Å². The summed E-state index contributed by atoms with van der Waals surface area (Å²) in [6, 6.07) is 5.87. The number of nitrogens with zero attached hydrogens (tertiary/aromatic N) is 1. The minimum absolute atomic E-state index is 0.457. The molecule has 0 radical (unpaired) electrons. The first-order valence-corrected chi connectivity index (χ1v) is 6.68. The van der Waals surface area contributed by atoms with Crippen molar-refractivity contribution < 1.29 is 5.11 Å². The Morgan fingerprint density at radius 3 is 2.82 bits per heavy atom. The Bertz CT molecular complexity index is 392. The molecular formula is C14H20ClNO. The second-order valence-electron chi connectivity index (χ2n) is 5.08. The van der Waals surface area contributed by atoms with Crippen LogP contribution in [0.1, 0.15) is 38.4 Å². The Labute approximate surface area is 108 Å². The third kappa shape index (κ3) is 2.93. The predicted molar refractivity (Wildman–Crippen MR) is 72.7 cm³/mol. The molecule has 0 saturated carbocycles. The average Bonchev–Trinajstić information content (AvgIpc) is 2.28. The molecule has 0 aromatic heterocycles. The lowest BCUT2D eigenvalue weighted by Crippen LogP contribution is -2.34. The molecule has 1 aromatic carbocycles. The molecule has 94 valence electrons. The van der Waals surface area contributed by atoms with Crippen LogP contribution in [0, 0.1) is 5.92 Å². The van der Waals surface area contributed by atoms with Crippen molar-refractivity contribution >= 4 is 17.3 Å². The number of halogens is 1. The summed E-state index contributed by atoms with van der Waals surface area (Å²) in [6.45, 7) is 6.20. The van der Waals surface area contributed by atoms with Crippen molar-refractivity contribution in [3.05, 3.63) is 28.8 Å². The Morgan fingerprint density at radius 2 is 2.24 bits per heavy atom. The normalized spacial score (nSPS) is 22.6. The molecule has 2 nitrogen and oxygen atoms in total. The van der Waals surface area contributed by atoms with Crippen molar-refractivity contribution in [3.63, 3.8) is 0 Å². The van der Waals surface area contributed by atoms with Gasteiger partial charge in [-0.15, -0.1) is 0 Å². The average molecular weight is 254 g/mol. The van der Waals surface area contributed by atoms with Gasteiger partial charge >= 0.3 is 0 Å². The number of hydrogen-bond acceptors (Lipinski definition) is 2. The molecule has 2 atom stereocenters. The third-order valence-corrected chi connectivity index (χ3v) is 3.75. The minimum Gasteiger partial charge on any atom is -0.389 e. The van der Waals surface area contributed by atoms with Gasteiger partial charge in [-0.05, 0) is 43.4 Å². The van der Waals surface area contributed by atoms with Crippen LogP contribution in [-0.2, 0) is 0 Å². The standard InChI is InChI=1S/C14H20ClNO/c1-10-4-3-7-16(9-10)14-6-5-12(11(2)17)8-13(14)15/h5-6,8,10-11,17H,3-4,7,9H2,1-2H3/t10?,11-/m0/s1. The highest BCUT2D eigenvalue weighted by Gasteiger charge is 2.18. The van der Waals surface area contributed by atoms with Gasteiger partial charge in [0.1, 0.15) is 0 Å². The van der Waals surface area contributed by atoms with Crippen LogP contribution >= 0.6 is 11.6 Å². The highest BCUT2D eigenvalue weighted by Crippen LogP contribution is 2.31. The van der Waals surface area contributed by atoms with Crippen LogP contribution in [-0.4, -0.2) is 18.2 Å². The van der Waals surface area contributed by atoms with Crippen molar-refractivity contribution in [3.8, 4) is 0 Å². The molecule has 1 aromatic rings. The first kappa shape index (κ1) is 12.7. The molecule has 1 N–H and O–H groups in total. The fourth-order valence-corrected chi connectivity index (χ4v) is 2.76. The Hall–Kier alpha value is -0.730. The van der Waals surface area contributed by atoms with Crippen LogP contribution in [0.5, 0.6) is 0 Å². The van der Waals surface area contributed by atoms with Gasteiger partial charge in [0, 0.05) is 13.1 Å². The lowest BCUT2D eigenvalue weighted by Gasteiger charge is -2.33. The lowest BCUT2D eigenvalue weighted by molar-refractivity contribution is 0.199. The maximum Gasteiger partial charge on any atom is 0.0762 e. The Balaban J connectivity index is 2.21. The summed E-state index contributed by atoms with van der Waals surface area (Å²) in [7, 11) is 0. The number of anilines is 1. The number of rotatable bonds is 2. The summed E-state index contributed by atoms with van der Waals surface area (Å²) in [5, 5.41) is 10.3. The van der Waals surface area contributed by atoms with Gasteiger partial charge < -0.3 is 10.0 Å². The molecule has 1 aliphatic rings. The molecule has 1 unspecified atom stereocenters. The van der Waals surface area contributed by atoms with E-state index in [-0.39, 0.29) is 0 Å². The summed E-state index contributed by atoms with van der Waals surface area (Å²) < 4.78 is 0. The molecule has 1 fully saturated rings. The van der Waals surface area contributed by atoms with Crippen molar-refractivity contribution in [2.45, 2.75) is 32.8 Å². The largest absolute Gasteiger partial charge is 0.389 e. The monoisotopic (exact) mass is 253 g/mol. The van der Waals surface area contributed by atoms with Crippen molar-refractivity contribution in [2.75, 3.05) is 18.0 Å². The van der Waals surface area contributed by atoms with E-state index in [0.717, 1.165) is 35.3 Å². The maximum absolute atomic E-state index is 9.52. The van der Waals surface area contributed by atoms with Gasteiger partial charge in [0.05, 0.1) is 16.8 Å². The van der Waals surface area contributed by atoms with Crippen LogP contribution in [0.2, 0.25) is 5.02 Å². The summed E-state index contributed by atoms with van der Waals surface area (Å²) in [5.41, 5.74) is 1.98. The fraction of sp³-hybridized carbons (Fsp3) is 0.571. The number of aliphatic hydroxyl groups is 1. The van der Waals surface area contributed by atoms with Crippen LogP contribution in [0.25, 0.3) is 0 Å². The third-order valence-electron chi connectivity index (χ3n) is 3.45. The lowest BCUT2D eigenvalue weighted by atomic mass is 9.99. The van der Waals surface area contributed by atoms with E-state index >= 15 is 0 Å². The van der Waals surface area contributed by atoms with Crippen LogP contribution < -0.4 is 4.90 Å². The second kappa shape index (κ2) is 5.28. The van der Waals surface area contributed by atoms with Gasteiger partial charge in [-0.25, -0.2) is 0 Å². The van der Waals surface area contributed by atoms with Crippen LogP contribution in [0.15, 0.2) is 18.2 Å². The molecule has 2 rings (SSSR count). The van der Waals surface area contributed by atoms with Gasteiger partial charge in [0.2, 0.25) is 0 Å². The Kier molecular flexibility index (Phi) is 3.95. The van der Waals surface area contributed by atoms with Gasteiger partial charge in [-0.1, -0.05) is 24.6 Å². The van der Waals surface area contributed by atoms with E-state index in [4.69, 9.17) is 11.6 Å². The smallest absolute Gasteiger partial charge is 0.0762 e. The fourth-order valence-electron chi connectivity index (χ4n) is 2.45. The van der Waals surface area contributed by atoms with E-state index in [1.165, 1.54) is 12.8 Å². The molecule has 1 saturated heterocycles.